The van der Waals surface area contributed by atoms with E-state index in [1.54, 1.807) is 76.4 Å². The second-order valence-corrected chi connectivity index (χ2v) is 20.4. The first-order chi connectivity index (χ1) is 29.9. The van der Waals surface area contributed by atoms with Gasteiger partial charge in [-0.1, -0.05) is 72.3 Å². The van der Waals surface area contributed by atoms with Crippen LogP contribution >= 0.6 is 22.7 Å². The lowest BCUT2D eigenvalue weighted by Crippen LogP contribution is -2.44. The van der Waals surface area contributed by atoms with Crippen LogP contribution in [0.15, 0.2) is 101 Å². The number of amides is 2. The van der Waals surface area contributed by atoms with Crippen molar-refractivity contribution < 1.29 is 47.4 Å². The number of nitrogens with zero attached hydrogens (tertiary/aromatic N) is 2. The number of hydrogen-bond donors (Lipinski definition) is 0. The first-order valence-corrected chi connectivity index (χ1v) is 22.9. The lowest BCUT2D eigenvalue weighted by atomic mass is 9.83. The van der Waals surface area contributed by atoms with Crippen LogP contribution in [0.3, 0.4) is 0 Å². The van der Waals surface area contributed by atoms with Gasteiger partial charge in [-0.2, -0.15) is 11.3 Å². The van der Waals surface area contributed by atoms with Crippen LogP contribution in [0.2, 0.25) is 0 Å². The zero-order valence-electron chi connectivity index (χ0n) is 39.2. The maximum absolute atomic E-state index is 12.6. The van der Waals surface area contributed by atoms with Crippen molar-refractivity contribution in [2.24, 2.45) is 0 Å². The summed E-state index contributed by atoms with van der Waals surface area (Å²) >= 11 is 3.28. The molecule has 0 spiro atoms. The van der Waals surface area contributed by atoms with Crippen molar-refractivity contribution in [3.63, 3.8) is 0 Å². The Morgan fingerprint density at radius 2 is 1.08 bits per heavy atom. The van der Waals surface area contributed by atoms with Crippen molar-refractivity contribution in [3.8, 4) is 22.3 Å². The Morgan fingerprint density at radius 1 is 0.641 bits per heavy atom. The second kappa shape index (κ2) is 20.3. The number of ether oxygens (including phenoxy) is 4. The lowest BCUT2D eigenvalue weighted by Gasteiger charge is -2.32. The third-order valence-corrected chi connectivity index (χ3v) is 12.6. The van der Waals surface area contributed by atoms with Crippen molar-refractivity contribution in [1.82, 2.24) is 9.80 Å². The molecule has 3 aliphatic rings. The summed E-state index contributed by atoms with van der Waals surface area (Å²) < 4.78 is 33.7. The smallest absolute Gasteiger partial charge is 0.467 e. The van der Waals surface area contributed by atoms with Gasteiger partial charge < -0.3 is 28.3 Å². The highest BCUT2D eigenvalue weighted by Gasteiger charge is 2.52. The summed E-state index contributed by atoms with van der Waals surface area (Å²) in [7, 11) is 2.34. The molecule has 0 radical (unpaired) electrons. The minimum atomic E-state index is -0.787. The molecule has 2 aromatic heterocycles. The molecule has 1 saturated heterocycles. The molecule has 0 bridgehead atoms. The molecule has 7 rings (SSSR count). The van der Waals surface area contributed by atoms with Gasteiger partial charge in [0.05, 0.1) is 32.0 Å². The molecule has 0 aliphatic carbocycles. The Hall–Kier alpha value is -5.22. The van der Waals surface area contributed by atoms with E-state index in [0.29, 0.717) is 13.1 Å². The molecule has 3 aliphatic heterocycles. The predicted octanol–water partition coefficient (Wildman–Crippen LogP) is 10.0. The molecule has 0 saturated carbocycles. The maximum Gasteiger partial charge on any atom is 0.506 e. The molecular formula is C49H61BN2O10S2. The first-order valence-electron chi connectivity index (χ1n) is 21.1. The minimum Gasteiger partial charge on any atom is -0.467 e. The van der Waals surface area contributed by atoms with Crippen molar-refractivity contribution in [3.05, 3.63) is 106 Å². The Kier molecular flexibility index (Phi) is 15.8. The molecule has 342 valence electrons. The SMILES string of the molecule is CC1(C)OB(c2sccc2-c2ccccc2)OC1(C)C.COC(=O)[C@@H]1C=C(C)CN1C(=O)OC(C)(C)C.COC(=O)[C@@H]1C=C(c2sccc2-c2ccccc2)CN1C(=O)OC(C)(C)C. The van der Waals surface area contributed by atoms with Gasteiger partial charge in [-0.3, -0.25) is 9.80 Å². The van der Waals surface area contributed by atoms with Gasteiger partial charge in [0.25, 0.3) is 0 Å². The Labute approximate surface area is 386 Å². The molecule has 4 aromatic rings. The van der Waals surface area contributed by atoms with Crippen molar-refractivity contribution >= 4 is 64.3 Å². The Balaban J connectivity index is 0.000000186. The third-order valence-electron chi connectivity index (χ3n) is 10.7. The highest BCUT2D eigenvalue weighted by molar-refractivity contribution is 7.21. The fraction of sp³-hybridized carbons (Fsp3) is 0.429. The first kappa shape index (κ1) is 49.8. The van der Waals surface area contributed by atoms with Crippen LogP contribution in [-0.4, -0.2) is 103 Å². The van der Waals surface area contributed by atoms with E-state index in [0.717, 1.165) is 31.9 Å². The summed E-state index contributed by atoms with van der Waals surface area (Å²) in [5, 5.41) is 4.12. The van der Waals surface area contributed by atoms with Gasteiger partial charge in [0.15, 0.2) is 12.1 Å². The zero-order chi connectivity index (χ0) is 47.2. The highest BCUT2D eigenvalue weighted by atomic mass is 32.1. The average Bonchev–Trinajstić information content (AvgIpc) is 4.07. The van der Waals surface area contributed by atoms with E-state index in [-0.39, 0.29) is 18.3 Å². The van der Waals surface area contributed by atoms with Crippen LogP contribution < -0.4 is 4.78 Å². The topological polar surface area (TPSA) is 130 Å². The van der Waals surface area contributed by atoms with Crippen LogP contribution in [0, 0.1) is 0 Å². The molecule has 1 fully saturated rings. The van der Waals surface area contributed by atoms with Crippen LogP contribution in [0.5, 0.6) is 0 Å². The summed E-state index contributed by atoms with van der Waals surface area (Å²) in [5.41, 5.74) is 4.66. The maximum atomic E-state index is 12.6. The number of methoxy groups -OCH3 is 2. The van der Waals surface area contributed by atoms with E-state index in [1.807, 2.05) is 48.7 Å². The quantitative estimate of drug-likeness (QED) is 0.0798. The molecule has 2 atom stereocenters. The summed E-state index contributed by atoms with van der Waals surface area (Å²) in [6.07, 6.45) is 2.49. The number of esters is 2. The molecule has 0 unspecified atom stereocenters. The van der Waals surface area contributed by atoms with Gasteiger partial charge in [-0.05, 0) is 127 Å². The third kappa shape index (κ3) is 12.3. The van der Waals surface area contributed by atoms with Gasteiger partial charge in [0.1, 0.15) is 11.2 Å². The molecule has 12 nitrogen and oxygen atoms in total. The minimum absolute atomic E-state index is 0.282. The molecule has 64 heavy (non-hydrogen) atoms. The summed E-state index contributed by atoms with van der Waals surface area (Å²) in [6.45, 7) is 21.7. The predicted molar refractivity (Wildman–Crippen MR) is 254 cm³/mol. The van der Waals surface area contributed by atoms with Crippen LogP contribution in [-0.2, 0) is 37.8 Å². The van der Waals surface area contributed by atoms with Crippen LogP contribution in [0.1, 0.15) is 81.0 Å². The van der Waals surface area contributed by atoms with E-state index in [9.17, 15) is 19.2 Å². The van der Waals surface area contributed by atoms with Gasteiger partial charge in [0, 0.05) is 21.8 Å². The van der Waals surface area contributed by atoms with E-state index in [1.165, 1.54) is 35.1 Å². The number of benzene rings is 2. The fourth-order valence-corrected chi connectivity index (χ4v) is 8.69. The summed E-state index contributed by atoms with van der Waals surface area (Å²) in [4.78, 5) is 52.1. The molecule has 5 heterocycles. The summed E-state index contributed by atoms with van der Waals surface area (Å²) in [5.74, 6) is -0.929. The molecule has 15 heteroatoms. The van der Waals surface area contributed by atoms with E-state index >= 15 is 0 Å². The standard InChI is InChI=1S/C21H23NO4S.C16H19BO2S.C12H19NO4/c1-21(2,3)26-20(24)22-13-15(12-17(22)19(23)25-4)18-16(10-11-27-18)14-8-6-5-7-9-14;1-15(2)16(3,4)19-17(18-15)14-13(10-11-20-14)12-8-6-5-7-9-12;1-8-6-9(10(14)16-5)13(7-8)11(15)17-12(2,3)4/h5-12,17H,13H2,1-4H3;5-11H,1-4H3;6,9H,7H2,1-5H3/t17-;;9-/m0.0/s1. The number of carbonyl (C=O) groups is 4. The van der Waals surface area contributed by atoms with E-state index in [4.69, 9.17) is 23.5 Å². The van der Waals surface area contributed by atoms with Crippen LogP contribution in [0.25, 0.3) is 27.8 Å². The van der Waals surface area contributed by atoms with E-state index < -0.39 is 47.4 Å². The molecular weight excluding hydrogens is 851 g/mol. The highest BCUT2D eigenvalue weighted by Crippen LogP contribution is 2.39. The lowest BCUT2D eigenvalue weighted by molar-refractivity contribution is -0.145. The van der Waals surface area contributed by atoms with Crippen molar-refractivity contribution in [2.75, 3.05) is 27.3 Å². The summed E-state index contributed by atoms with van der Waals surface area (Å²) in [6, 6.07) is 23.2. The van der Waals surface area contributed by atoms with Gasteiger partial charge in [-0.25, -0.2) is 19.2 Å². The fourth-order valence-electron chi connectivity index (χ4n) is 6.88. The van der Waals surface area contributed by atoms with Gasteiger partial charge in [0.2, 0.25) is 0 Å². The van der Waals surface area contributed by atoms with Crippen molar-refractivity contribution in [1.29, 1.82) is 0 Å². The van der Waals surface area contributed by atoms with E-state index in [2.05, 4.69) is 74.2 Å². The largest absolute Gasteiger partial charge is 0.506 e. The number of rotatable bonds is 6. The number of thiophene rings is 2. The number of hydrogen-bond acceptors (Lipinski definition) is 12. The zero-order valence-corrected chi connectivity index (χ0v) is 40.8. The molecule has 2 amide bonds. The molecule has 2 aromatic carbocycles. The number of carbonyl (C=O) groups excluding carboxylic acids is 4. The van der Waals surface area contributed by atoms with Gasteiger partial charge in [-0.15, -0.1) is 11.3 Å². The normalized spacial score (nSPS) is 18.7. The van der Waals surface area contributed by atoms with Gasteiger partial charge >= 0.3 is 31.2 Å². The van der Waals surface area contributed by atoms with Crippen LogP contribution in [0.4, 0.5) is 9.59 Å². The average molecular weight is 913 g/mol. The monoisotopic (exact) mass is 912 g/mol. The second-order valence-electron chi connectivity index (χ2n) is 18.5. The molecule has 0 N–H and O–H groups in total. The Bertz CT molecular complexity index is 2310. The Morgan fingerprint density at radius 3 is 1.56 bits per heavy atom. The van der Waals surface area contributed by atoms with Crippen molar-refractivity contribution in [2.45, 2.75) is 111 Å².